The lowest BCUT2D eigenvalue weighted by atomic mass is 9.93. The van der Waals surface area contributed by atoms with Gasteiger partial charge < -0.3 is 14.9 Å². The maximum Gasteiger partial charge on any atom is 0.303 e. The van der Waals surface area contributed by atoms with E-state index in [0.29, 0.717) is 38.0 Å². The summed E-state index contributed by atoms with van der Waals surface area (Å²) in [5, 5.41) is 8.84. The Balaban J connectivity index is 1.68. The summed E-state index contributed by atoms with van der Waals surface area (Å²) in [4.78, 5) is 39.1. The number of likely N-dealkylation sites (tertiary alicyclic amines) is 1. The normalized spacial score (nSPS) is 20.8. The van der Waals surface area contributed by atoms with E-state index in [1.807, 2.05) is 17.0 Å². The van der Waals surface area contributed by atoms with E-state index >= 15 is 0 Å². The van der Waals surface area contributed by atoms with Gasteiger partial charge in [-0.3, -0.25) is 14.4 Å². The zero-order valence-corrected chi connectivity index (χ0v) is 14.3. The van der Waals surface area contributed by atoms with Crippen molar-refractivity contribution >= 4 is 23.5 Å². The Morgan fingerprint density at radius 3 is 2.76 bits per heavy atom. The topological polar surface area (TPSA) is 77.9 Å². The molecule has 0 saturated carbocycles. The molecular weight excluding hydrogens is 320 g/mol. The monoisotopic (exact) mass is 344 g/mol. The SMILES string of the molecule is O=C(O)CCC1CCCN(C(=O)c2cccc(N3CCCC3=O)c2)C1. The summed E-state index contributed by atoms with van der Waals surface area (Å²) in [7, 11) is 0. The van der Waals surface area contributed by atoms with Gasteiger partial charge in [-0.15, -0.1) is 0 Å². The van der Waals surface area contributed by atoms with Crippen molar-refractivity contribution < 1.29 is 19.5 Å². The summed E-state index contributed by atoms with van der Waals surface area (Å²) < 4.78 is 0. The highest BCUT2D eigenvalue weighted by Gasteiger charge is 2.26. The molecule has 1 aromatic rings. The van der Waals surface area contributed by atoms with Crippen molar-refractivity contribution in [1.82, 2.24) is 4.90 Å². The third kappa shape index (κ3) is 4.18. The van der Waals surface area contributed by atoms with Crippen LogP contribution < -0.4 is 4.90 Å². The fraction of sp³-hybridized carbons (Fsp3) is 0.526. The van der Waals surface area contributed by atoms with Crippen LogP contribution in [0, 0.1) is 5.92 Å². The molecule has 2 aliphatic heterocycles. The minimum Gasteiger partial charge on any atom is -0.481 e. The fourth-order valence-corrected chi connectivity index (χ4v) is 3.72. The van der Waals surface area contributed by atoms with Crippen molar-refractivity contribution in [3.8, 4) is 0 Å². The van der Waals surface area contributed by atoms with Crippen LogP contribution in [-0.2, 0) is 9.59 Å². The quantitative estimate of drug-likeness (QED) is 0.890. The van der Waals surface area contributed by atoms with Crippen molar-refractivity contribution in [2.45, 2.75) is 38.5 Å². The summed E-state index contributed by atoms with van der Waals surface area (Å²) in [6.45, 7) is 2.02. The highest BCUT2D eigenvalue weighted by molar-refractivity contribution is 5.99. The second kappa shape index (κ2) is 7.68. The molecular formula is C19H24N2O4. The summed E-state index contributed by atoms with van der Waals surface area (Å²) in [6, 6.07) is 7.27. The number of nitrogens with zero attached hydrogens (tertiary/aromatic N) is 2. The standard InChI is InChI=1S/C19H24N2O4/c22-17-7-3-11-21(17)16-6-1-5-15(12-16)19(25)20-10-2-4-14(13-20)8-9-18(23)24/h1,5-6,12,14H,2-4,7-11,13H2,(H,23,24). The number of hydrogen-bond acceptors (Lipinski definition) is 3. The summed E-state index contributed by atoms with van der Waals surface area (Å²) in [5.74, 6) is -0.464. The van der Waals surface area contributed by atoms with Crippen LogP contribution in [0.25, 0.3) is 0 Å². The zero-order chi connectivity index (χ0) is 17.8. The van der Waals surface area contributed by atoms with Gasteiger partial charge in [-0.1, -0.05) is 6.07 Å². The van der Waals surface area contributed by atoms with Gasteiger partial charge in [-0.2, -0.15) is 0 Å². The number of carboxylic acids is 1. The first-order valence-electron chi connectivity index (χ1n) is 8.96. The number of benzene rings is 1. The van der Waals surface area contributed by atoms with Crippen LogP contribution in [0.2, 0.25) is 0 Å². The lowest BCUT2D eigenvalue weighted by Crippen LogP contribution is -2.40. The second-order valence-electron chi connectivity index (χ2n) is 6.89. The van der Waals surface area contributed by atoms with Crippen LogP contribution >= 0.6 is 0 Å². The summed E-state index contributed by atoms with van der Waals surface area (Å²) >= 11 is 0. The van der Waals surface area contributed by atoms with Gasteiger partial charge in [-0.25, -0.2) is 0 Å². The summed E-state index contributed by atoms with van der Waals surface area (Å²) in [6.07, 6.45) is 4.06. The first kappa shape index (κ1) is 17.5. The Labute approximate surface area is 147 Å². The number of carboxylic acid groups (broad SMARTS) is 1. The third-order valence-electron chi connectivity index (χ3n) is 5.05. The Morgan fingerprint density at radius 2 is 2.04 bits per heavy atom. The van der Waals surface area contributed by atoms with E-state index in [-0.39, 0.29) is 24.2 Å². The molecule has 6 nitrogen and oxygen atoms in total. The molecule has 0 aromatic heterocycles. The first-order valence-corrected chi connectivity index (χ1v) is 8.96. The van der Waals surface area contributed by atoms with E-state index in [1.54, 1.807) is 17.0 Å². The van der Waals surface area contributed by atoms with Crippen LogP contribution in [0.15, 0.2) is 24.3 Å². The van der Waals surface area contributed by atoms with Crippen LogP contribution in [0.4, 0.5) is 5.69 Å². The molecule has 0 spiro atoms. The Bertz CT molecular complexity index is 673. The van der Waals surface area contributed by atoms with Gasteiger partial charge in [0.25, 0.3) is 5.91 Å². The van der Waals surface area contributed by atoms with Crippen LogP contribution in [0.5, 0.6) is 0 Å². The molecule has 1 atom stereocenters. The first-order chi connectivity index (χ1) is 12.0. The number of amides is 2. The van der Waals surface area contributed by atoms with E-state index in [1.165, 1.54) is 0 Å². The second-order valence-corrected chi connectivity index (χ2v) is 6.89. The fourth-order valence-electron chi connectivity index (χ4n) is 3.72. The van der Waals surface area contributed by atoms with Crippen molar-refractivity contribution in [2.24, 2.45) is 5.92 Å². The molecule has 0 radical (unpaired) electrons. The van der Waals surface area contributed by atoms with Crippen molar-refractivity contribution in [2.75, 3.05) is 24.5 Å². The molecule has 2 aliphatic rings. The highest BCUT2D eigenvalue weighted by Crippen LogP contribution is 2.25. The van der Waals surface area contributed by atoms with E-state index in [0.717, 1.165) is 24.9 Å². The Morgan fingerprint density at radius 1 is 1.20 bits per heavy atom. The molecule has 2 fully saturated rings. The molecule has 2 saturated heterocycles. The molecule has 1 unspecified atom stereocenters. The molecule has 25 heavy (non-hydrogen) atoms. The van der Waals surface area contributed by atoms with Gasteiger partial charge >= 0.3 is 5.97 Å². The van der Waals surface area contributed by atoms with Crippen molar-refractivity contribution in [3.05, 3.63) is 29.8 Å². The average Bonchev–Trinajstić information content (AvgIpc) is 3.05. The Hall–Kier alpha value is -2.37. The number of aliphatic carboxylic acids is 1. The lowest BCUT2D eigenvalue weighted by molar-refractivity contribution is -0.137. The van der Waals surface area contributed by atoms with Gasteiger partial charge in [0.05, 0.1) is 0 Å². The third-order valence-corrected chi connectivity index (χ3v) is 5.05. The highest BCUT2D eigenvalue weighted by atomic mass is 16.4. The maximum absolute atomic E-state index is 12.8. The molecule has 2 heterocycles. The van der Waals surface area contributed by atoms with Gasteiger partial charge in [-0.05, 0) is 49.8 Å². The molecule has 134 valence electrons. The lowest BCUT2D eigenvalue weighted by Gasteiger charge is -2.33. The predicted molar refractivity (Wildman–Crippen MR) is 93.5 cm³/mol. The van der Waals surface area contributed by atoms with Gasteiger partial charge in [0.1, 0.15) is 0 Å². The number of rotatable bonds is 5. The van der Waals surface area contributed by atoms with E-state index in [2.05, 4.69) is 0 Å². The van der Waals surface area contributed by atoms with Crippen LogP contribution in [0.1, 0.15) is 48.9 Å². The molecule has 0 bridgehead atoms. The Kier molecular flexibility index (Phi) is 5.36. The van der Waals surface area contributed by atoms with E-state index in [4.69, 9.17) is 5.11 Å². The largest absolute Gasteiger partial charge is 0.481 e. The number of carbonyl (C=O) groups is 3. The predicted octanol–water partition coefficient (Wildman–Crippen LogP) is 2.53. The van der Waals surface area contributed by atoms with Crippen molar-refractivity contribution in [3.63, 3.8) is 0 Å². The number of carbonyl (C=O) groups excluding carboxylic acids is 2. The van der Waals surface area contributed by atoms with E-state index in [9.17, 15) is 14.4 Å². The maximum atomic E-state index is 12.8. The average molecular weight is 344 g/mol. The number of anilines is 1. The summed E-state index contributed by atoms with van der Waals surface area (Å²) in [5.41, 5.74) is 1.38. The minimum absolute atomic E-state index is 0.0338. The smallest absolute Gasteiger partial charge is 0.303 e. The molecule has 6 heteroatoms. The van der Waals surface area contributed by atoms with Crippen LogP contribution in [-0.4, -0.2) is 47.4 Å². The zero-order valence-electron chi connectivity index (χ0n) is 14.3. The molecule has 1 aromatic carbocycles. The van der Waals surface area contributed by atoms with Gasteiger partial charge in [0.2, 0.25) is 5.91 Å². The molecule has 2 amide bonds. The van der Waals surface area contributed by atoms with E-state index < -0.39 is 5.97 Å². The minimum atomic E-state index is -0.786. The molecule has 0 aliphatic carbocycles. The number of hydrogen-bond donors (Lipinski definition) is 1. The molecule has 1 N–H and O–H groups in total. The number of piperidine rings is 1. The van der Waals surface area contributed by atoms with Gasteiger partial charge in [0, 0.05) is 43.7 Å². The molecule has 3 rings (SSSR count). The van der Waals surface area contributed by atoms with Gasteiger partial charge in [0.15, 0.2) is 0 Å². The van der Waals surface area contributed by atoms with Crippen LogP contribution in [0.3, 0.4) is 0 Å². The van der Waals surface area contributed by atoms with Crippen molar-refractivity contribution in [1.29, 1.82) is 0 Å².